The van der Waals surface area contributed by atoms with E-state index in [1.165, 1.54) is 67.8 Å². The monoisotopic (exact) mass is 1540 g/mol. The molecule has 2 saturated heterocycles. The number of aromatic nitrogens is 2. The van der Waals surface area contributed by atoms with Crippen molar-refractivity contribution in [3.63, 3.8) is 0 Å². The summed E-state index contributed by atoms with van der Waals surface area (Å²) in [6.07, 6.45) is -27.2. The van der Waals surface area contributed by atoms with Crippen LogP contribution in [0.5, 0.6) is 0 Å². The molecule has 12 nitrogen and oxygen atoms in total. The number of piperidine rings is 2. The first-order valence-corrected chi connectivity index (χ1v) is 32.4. The Morgan fingerprint density at radius 2 is 1.16 bits per heavy atom. The number of para-hydroxylation sites is 2. The van der Waals surface area contributed by atoms with Crippen LogP contribution in [0.4, 0.5) is 43.9 Å². The quantitative estimate of drug-likeness (QED) is 0.0428. The Balaban J connectivity index is 0.000000284. The third-order valence-corrected chi connectivity index (χ3v) is 16.9. The topological polar surface area (TPSA) is 110 Å². The van der Waals surface area contributed by atoms with Crippen molar-refractivity contribution in [1.29, 1.82) is 0 Å². The van der Waals surface area contributed by atoms with Gasteiger partial charge < -0.3 is 38.2 Å². The normalized spacial score (nSPS) is 25.0. The molecule has 0 aliphatic carbocycles. The van der Waals surface area contributed by atoms with Crippen LogP contribution in [-0.4, -0.2) is 119 Å². The number of fused-ring (bicyclic) bond motifs is 2. The van der Waals surface area contributed by atoms with Crippen molar-refractivity contribution in [2.75, 3.05) is 66.5 Å². The molecular formula is C82H80F10N6O6S2. The molecule has 2 aromatic heterocycles. The minimum Gasteiger partial charge on any atom is -0.383 e. The van der Waals surface area contributed by atoms with Gasteiger partial charge in [-0.2, -0.15) is 26.3 Å². The lowest BCUT2D eigenvalue weighted by molar-refractivity contribution is -0.138. The second kappa shape index (κ2) is 35.1. The number of rotatable bonds is 24. The van der Waals surface area contributed by atoms with Crippen LogP contribution < -0.4 is 10.9 Å². The number of methoxy groups -OCH3 is 2. The van der Waals surface area contributed by atoms with Crippen molar-refractivity contribution in [3.05, 3.63) is 270 Å². The molecule has 556 valence electrons. The van der Waals surface area contributed by atoms with Crippen molar-refractivity contribution in [1.82, 2.24) is 28.7 Å². The van der Waals surface area contributed by atoms with Crippen LogP contribution in [-0.2, 0) is 62.4 Å². The van der Waals surface area contributed by atoms with Crippen LogP contribution in [0.25, 0.3) is 44.1 Å². The molecule has 24 heteroatoms. The molecule has 0 saturated carbocycles. The van der Waals surface area contributed by atoms with E-state index in [-0.39, 0.29) is 58.6 Å². The van der Waals surface area contributed by atoms with Crippen LogP contribution >= 0.6 is 23.5 Å². The molecule has 8 aromatic carbocycles. The fourth-order valence-corrected chi connectivity index (χ4v) is 11.4. The average molecular weight is 1540 g/mol. The van der Waals surface area contributed by atoms with E-state index in [1.54, 1.807) is 0 Å². The highest BCUT2D eigenvalue weighted by atomic mass is 32.2. The number of pyridine rings is 2. The average Bonchev–Trinajstić information content (AvgIpc) is 0.661. The minimum absolute atomic E-state index is 0.0467. The van der Waals surface area contributed by atoms with Crippen molar-refractivity contribution in [2.45, 2.75) is 111 Å². The third kappa shape index (κ3) is 19.0. The van der Waals surface area contributed by atoms with Gasteiger partial charge in [-0.25, -0.2) is 17.6 Å². The fraction of sp³-hybridized carbons (Fsp3) is 0.317. The standard InChI is InChI=1S/2C41H40F5N3O3S/c1-27(28-10-12-29(13-11-28)30-14-16-32(17-15-30)41(44,45)46)49(33-18-20-47(21-19-33)22-23-52-2)38(51)25-48-36-9-4-3-7-34(36)37(50)24-39(48)53-26-31-6-5-8-35(42)40(31)43;1-27-22-29(28-12-14-32(15-13-28)41(44,45)46)10-11-30(27)24-48(33-16-18-47(19-17-33)20-21-52-2)38(51)25-49-36-9-4-3-7-34(36)37(50)23-39(49)53-26-31-6-5-8-35(42)40(31)43/h3-17,24,27,33H,18-23,25-26H2,1-2H3;3-15,22-23,33H,16-21,24-26H2,1-2H3/i18D2,19D2,20D2,21D2,26D2,27D,33D;3D,4D,5D,6D,7D,8D,9D,10D,11D,12D,13D,14D,15D,16D2,17D2,18D2,19D2,22D,23D,24D2,26D2,33D. The van der Waals surface area contributed by atoms with Gasteiger partial charge >= 0.3 is 12.4 Å². The summed E-state index contributed by atoms with van der Waals surface area (Å²) in [4.78, 5) is 58.0. The molecule has 4 heterocycles. The van der Waals surface area contributed by atoms with Gasteiger partial charge in [-0.05, 0) is 139 Å². The summed E-state index contributed by atoms with van der Waals surface area (Å²) < 4.78 is 511. The van der Waals surface area contributed by atoms with E-state index in [9.17, 15) is 58.1 Å². The molecular weight excluding hydrogens is 1420 g/mol. The first kappa shape index (κ1) is 41.3. The van der Waals surface area contributed by atoms with Crippen LogP contribution in [0.3, 0.4) is 0 Å². The van der Waals surface area contributed by atoms with E-state index < -0.39 is 358 Å². The summed E-state index contributed by atoms with van der Waals surface area (Å²) in [6, 6.07) is -16.3. The Labute approximate surface area is 672 Å². The number of nitrogens with zero attached hydrogens (tertiary/aromatic N) is 6. The molecule has 2 amide bonds. The second-order valence-electron chi connectivity index (χ2n) is 22.1. The van der Waals surface area contributed by atoms with Gasteiger partial charge in [0.15, 0.2) is 34.1 Å². The van der Waals surface area contributed by atoms with Gasteiger partial charge in [-0.3, -0.25) is 19.2 Å². The summed E-state index contributed by atoms with van der Waals surface area (Å²) in [5, 5.41) is -3.20. The summed E-state index contributed by atoms with van der Waals surface area (Å²) >= 11 is -0.487. The smallest absolute Gasteiger partial charge is 0.383 e. The van der Waals surface area contributed by atoms with Gasteiger partial charge in [0.25, 0.3) is 0 Å². The molecule has 106 heavy (non-hydrogen) atoms. The first-order chi connectivity index (χ1) is 66.5. The van der Waals surface area contributed by atoms with E-state index in [1.807, 2.05) is 0 Å². The number of hydrogen-bond donors (Lipinski definition) is 0. The lowest BCUT2D eigenvalue weighted by atomic mass is 9.96. The number of ether oxygens (including phenoxy) is 2. The van der Waals surface area contributed by atoms with Crippen LogP contribution in [0, 0.1) is 30.2 Å². The van der Waals surface area contributed by atoms with Gasteiger partial charge in [0.1, 0.15) is 13.1 Å². The second-order valence-corrected chi connectivity index (χ2v) is 23.8. The number of thioether (sulfide) groups is 2. The van der Waals surface area contributed by atoms with Crippen molar-refractivity contribution in [3.8, 4) is 22.3 Å². The number of amides is 2. The van der Waals surface area contributed by atoms with Crippen LogP contribution in [0.1, 0.15) is 132 Å². The number of carbonyl (C=O) groups excluding carboxylic acids is 2. The lowest BCUT2D eigenvalue weighted by Gasteiger charge is -2.42. The summed E-state index contributed by atoms with van der Waals surface area (Å²) in [6.45, 7) is -24.9. The molecule has 10 aromatic rings. The zero-order valence-corrected chi connectivity index (χ0v) is 56.8. The fourth-order valence-electron chi connectivity index (χ4n) is 9.87. The Morgan fingerprint density at radius 1 is 0.585 bits per heavy atom. The molecule has 0 N–H and O–H groups in total. The van der Waals surface area contributed by atoms with E-state index in [4.69, 9.17) is 46.5 Å². The van der Waals surface area contributed by atoms with Gasteiger partial charge in [0.05, 0.1) is 78.9 Å². The first-order valence-electron chi connectivity index (χ1n) is 50.8. The predicted molar refractivity (Wildman–Crippen MR) is 395 cm³/mol. The molecule has 1 unspecified atom stereocenters. The zero-order valence-electron chi connectivity index (χ0n) is 95.2. The molecule has 2 aliphatic rings. The predicted octanol–water partition coefficient (Wildman–Crippen LogP) is 17.7. The zero-order chi connectivity index (χ0) is 111. The lowest BCUT2D eigenvalue weighted by Crippen LogP contribution is -2.49. The number of alkyl halides is 6. The van der Waals surface area contributed by atoms with Crippen molar-refractivity contribution >= 4 is 57.1 Å². The van der Waals surface area contributed by atoms with Gasteiger partial charge in [-0.15, -0.1) is 23.5 Å². The van der Waals surface area contributed by atoms with E-state index in [0.717, 1.165) is 55.0 Å². The number of benzene rings is 8. The maximum atomic E-state index is 15.8. The molecule has 2 aliphatic heterocycles. The highest BCUT2D eigenvalue weighted by Crippen LogP contribution is 2.37. The Morgan fingerprint density at radius 3 is 1.81 bits per heavy atom. The highest BCUT2D eigenvalue weighted by Gasteiger charge is 2.35. The third-order valence-electron chi connectivity index (χ3n) is 15.2. The van der Waals surface area contributed by atoms with Gasteiger partial charge in [0, 0.05) is 145 Å². The number of hydrogen-bond acceptors (Lipinski definition) is 10. The highest BCUT2D eigenvalue weighted by molar-refractivity contribution is 7.98. The number of halogens is 10. The molecule has 12 rings (SSSR count). The number of likely N-dealkylation sites (tertiary alicyclic amines) is 2. The molecule has 0 spiro atoms. The number of carbonyl (C=O) groups is 2. The molecule has 0 bridgehead atoms. The maximum Gasteiger partial charge on any atom is 0.416 e. The van der Waals surface area contributed by atoms with Crippen molar-refractivity contribution < 1.29 is 118 Å². The molecule has 1 atom stereocenters. The minimum atomic E-state index is -5.54. The van der Waals surface area contributed by atoms with E-state index in [2.05, 4.69) is 0 Å². The maximum absolute atomic E-state index is 15.8. The van der Waals surface area contributed by atoms with Crippen LogP contribution in [0.2, 0.25) is 0 Å². The summed E-state index contributed by atoms with van der Waals surface area (Å²) in [7, 11) is 2.18. The largest absolute Gasteiger partial charge is 0.416 e. The SMILES string of the molecule is [2H]C([2H])(Sc1cc(=O)c2ccccc2n1CC(=O)N(C([2H])(C)c1ccc(-c2ccc(C(F)(F)F)cc2)cc1)C1([2H])C([2H])([2H])C([2H])([2H])N(CCOC)C([2H])([2H])C1([2H])[2H])c1cccc(F)c1F.[2H]c1c([2H])c(F)c(F)c(C([2H])([2H])Sc2c([2H])c(=O)c3c([2H])c([2H])c([2H])c([2H])c3n2CC(=O)N(C([2H])([2H])c2c([2H])c([2H])c(-c3c([2H])c([2H])c(C(F)(F)F)c([2H])c3[2H])c([2H])c2C)C2([2H])C([2H])([2H])C([2H])([2H])N(CCOC)C([2H])([2H])C2([2H])[2H])c1[2H]. The Bertz CT molecular complexity index is 6930. The Hall–Kier alpha value is -9.04. The van der Waals surface area contributed by atoms with Crippen molar-refractivity contribution in [2.24, 2.45) is 0 Å². The Kier molecular flexibility index (Phi) is 13.7. The van der Waals surface area contributed by atoms with E-state index >= 15 is 22.8 Å². The van der Waals surface area contributed by atoms with E-state index in [0.29, 0.717) is 6.92 Å². The molecule has 2 fully saturated rings. The summed E-state index contributed by atoms with van der Waals surface area (Å²) in [5.74, 6) is -11.5. The molecule has 0 radical (unpaired) electrons. The van der Waals surface area contributed by atoms with Crippen LogP contribution in [0.15, 0.2) is 207 Å². The van der Waals surface area contributed by atoms with Gasteiger partial charge in [-0.1, -0.05) is 115 Å². The van der Waals surface area contributed by atoms with Gasteiger partial charge in [0.2, 0.25) is 11.8 Å². The summed E-state index contributed by atoms with van der Waals surface area (Å²) in [5.41, 5.74) is -21.1.